The lowest BCUT2D eigenvalue weighted by Gasteiger charge is -2.11. The minimum absolute atomic E-state index is 0.0157. The van der Waals surface area contributed by atoms with Gasteiger partial charge in [-0.3, -0.25) is 0 Å². The second-order valence-electron chi connectivity index (χ2n) is 4.56. The second kappa shape index (κ2) is 5.92. The number of aliphatic hydroxyl groups is 1. The van der Waals surface area contributed by atoms with E-state index in [0.717, 1.165) is 18.2 Å². The minimum Gasteiger partial charge on any atom is -0.454 e. The zero-order valence-electron chi connectivity index (χ0n) is 11.1. The van der Waals surface area contributed by atoms with E-state index in [-0.39, 0.29) is 29.7 Å². The average molecular weight is 280 g/mol. The van der Waals surface area contributed by atoms with Crippen LogP contribution in [0.3, 0.4) is 0 Å². The van der Waals surface area contributed by atoms with Gasteiger partial charge in [0.15, 0.2) is 5.75 Å². The molecule has 0 radical (unpaired) electrons. The zero-order chi connectivity index (χ0) is 14.7. The Morgan fingerprint density at radius 2 is 1.85 bits per heavy atom. The molecule has 1 N–H and O–H groups in total. The Labute approximate surface area is 115 Å². The highest BCUT2D eigenvalue weighted by Gasteiger charge is 2.12. The maximum Gasteiger partial charge on any atom is 0.169 e. The number of hydrogen-bond donors (Lipinski definition) is 1. The topological polar surface area (TPSA) is 55.2 Å². The Kier molecular flexibility index (Phi) is 4.24. The van der Waals surface area contributed by atoms with E-state index in [1.54, 1.807) is 0 Å². The van der Waals surface area contributed by atoms with E-state index in [1.165, 1.54) is 6.20 Å². The highest BCUT2D eigenvalue weighted by molar-refractivity contribution is 5.33. The van der Waals surface area contributed by atoms with Crippen LogP contribution in [-0.4, -0.2) is 15.1 Å². The molecule has 0 bridgehead atoms. The van der Waals surface area contributed by atoms with Crippen LogP contribution in [-0.2, 0) is 6.61 Å². The van der Waals surface area contributed by atoms with Gasteiger partial charge in [0.25, 0.3) is 0 Å². The largest absolute Gasteiger partial charge is 0.454 e. The van der Waals surface area contributed by atoms with Gasteiger partial charge in [0.1, 0.15) is 28.9 Å². The maximum absolute atomic E-state index is 13.1. The van der Waals surface area contributed by atoms with Crippen LogP contribution in [0.15, 0.2) is 24.4 Å². The van der Waals surface area contributed by atoms with Gasteiger partial charge in [0.05, 0.1) is 12.8 Å². The molecule has 0 atom stereocenters. The lowest BCUT2D eigenvalue weighted by atomic mass is 10.2. The van der Waals surface area contributed by atoms with Crippen molar-refractivity contribution in [3.63, 3.8) is 0 Å². The molecular formula is C14H14F2N2O2. The standard InChI is InChI=1S/C14H14F2N2O2/c1-8(2)14-17-6-13(12(7-19)18-14)20-11-4-9(15)3-10(16)5-11/h3-6,8,19H,7H2,1-2H3. The molecule has 2 aromatic rings. The first kappa shape index (κ1) is 14.3. The van der Waals surface area contributed by atoms with Gasteiger partial charge in [-0.25, -0.2) is 18.7 Å². The molecule has 0 amide bonds. The van der Waals surface area contributed by atoms with Gasteiger partial charge >= 0.3 is 0 Å². The Hall–Kier alpha value is -2.08. The summed E-state index contributed by atoms with van der Waals surface area (Å²) in [6.45, 7) is 3.48. The van der Waals surface area contributed by atoms with Gasteiger partial charge in [-0.05, 0) is 0 Å². The van der Waals surface area contributed by atoms with Crippen molar-refractivity contribution in [1.29, 1.82) is 0 Å². The number of rotatable bonds is 4. The molecule has 0 fully saturated rings. The molecule has 0 aliphatic heterocycles. The fourth-order valence-corrected chi connectivity index (χ4v) is 1.61. The van der Waals surface area contributed by atoms with Crippen LogP contribution < -0.4 is 4.74 Å². The molecule has 20 heavy (non-hydrogen) atoms. The highest BCUT2D eigenvalue weighted by atomic mass is 19.1. The number of benzene rings is 1. The molecule has 1 aromatic carbocycles. The number of nitrogens with zero attached hydrogens (tertiary/aromatic N) is 2. The summed E-state index contributed by atoms with van der Waals surface area (Å²) in [6.07, 6.45) is 1.39. The normalized spacial score (nSPS) is 10.9. The van der Waals surface area contributed by atoms with Crippen LogP contribution in [0.4, 0.5) is 8.78 Å². The lowest BCUT2D eigenvalue weighted by molar-refractivity contribution is 0.269. The van der Waals surface area contributed by atoms with Crippen molar-refractivity contribution in [1.82, 2.24) is 9.97 Å². The number of hydrogen-bond acceptors (Lipinski definition) is 4. The number of aromatic nitrogens is 2. The van der Waals surface area contributed by atoms with Gasteiger partial charge in [0.2, 0.25) is 0 Å². The van der Waals surface area contributed by atoms with E-state index in [0.29, 0.717) is 5.82 Å². The monoisotopic (exact) mass is 280 g/mol. The summed E-state index contributed by atoms with van der Waals surface area (Å²) in [4.78, 5) is 8.25. The molecule has 0 saturated heterocycles. The summed E-state index contributed by atoms with van der Waals surface area (Å²) >= 11 is 0. The molecule has 106 valence electrons. The van der Waals surface area contributed by atoms with Crippen molar-refractivity contribution in [2.45, 2.75) is 26.4 Å². The third kappa shape index (κ3) is 3.27. The summed E-state index contributed by atoms with van der Waals surface area (Å²) in [7, 11) is 0. The first-order chi connectivity index (χ1) is 9.49. The minimum atomic E-state index is -0.745. The van der Waals surface area contributed by atoms with E-state index in [1.807, 2.05) is 13.8 Å². The third-order valence-corrected chi connectivity index (χ3v) is 2.58. The zero-order valence-corrected chi connectivity index (χ0v) is 11.1. The summed E-state index contributed by atoms with van der Waals surface area (Å²) in [5.41, 5.74) is 0.272. The molecule has 2 rings (SSSR count). The predicted molar refractivity (Wildman–Crippen MR) is 68.5 cm³/mol. The molecule has 6 heteroatoms. The molecular weight excluding hydrogens is 266 g/mol. The summed E-state index contributed by atoms with van der Waals surface area (Å²) in [5, 5.41) is 9.29. The summed E-state index contributed by atoms with van der Waals surface area (Å²) in [5.74, 6) is -0.677. The first-order valence-corrected chi connectivity index (χ1v) is 6.10. The molecule has 0 saturated carbocycles. The van der Waals surface area contributed by atoms with Crippen molar-refractivity contribution in [2.24, 2.45) is 0 Å². The quantitative estimate of drug-likeness (QED) is 0.934. The van der Waals surface area contributed by atoms with Gasteiger partial charge < -0.3 is 9.84 Å². The van der Waals surface area contributed by atoms with Gasteiger partial charge in [-0.1, -0.05) is 13.8 Å². The van der Waals surface area contributed by atoms with E-state index in [2.05, 4.69) is 9.97 Å². The molecule has 0 aliphatic rings. The lowest BCUT2D eigenvalue weighted by Crippen LogP contribution is -2.03. The fourth-order valence-electron chi connectivity index (χ4n) is 1.61. The molecule has 1 aromatic heterocycles. The van der Waals surface area contributed by atoms with Crippen LogP contribution in [0.5, 0.6) is 11.5 Å². The molecule has 0 aliphatic carbocycles. The number of halogens is 2. The first-order valence-electron chi connectivity index (χ1n) is 6.10. The summed E-state index contributed by atoms with van der Waals surface area (Å²) < 4.78 is 31.5. The fraction of sp³-hybridized carbons (Fsp3) is 0.286. The number of aliphatic hydroxyl groups excluding tert-OH is 1. The molecule has 4 nitrogen and oxygen atoms in total. The van der Waals surface area contributed by atoms with Crippen LogP contribution in [0.25, 0.3) is 0 Å². The van der Waals surface area contributed by atoms with E-state index in [9.17, 15) is 13.9 Å². The van der Waals surface area contributed by atoms with Crippen molar-refractivity contribution in [3.8, 4) is 11.5 Å². The third-order valence-electron chi connectivity index (χ3n) is 2.58. The summed E-state index contributed by atoms with van der Waals surface area (Å²) in [6, 6.07) is 2.83. The van der Waals surface area contributed by atoms with Crippen molar-refractivity contribution in [2.75, 3.05) is 0 Å². The molecule has 1 heterocycles. The smallest absolute Gasteiger partial charge is 0.169 e. The maximum atomic E-state index is 13.1. The highest BCUT2D eigenvalue weighted by Crippen LogP contribution is 2.26. The van der Waals surface area contributed by atoms with Gasteiger partial charge in [-0.15, -0.1) is 0 Å². The van der Waals surface area contributed by atoms with E-state index < -0.39 is 11.6 Å². The molecule has 0 unspecified atom stereocenters. The predicted octanol–water partition coefficient (Wildman–Crippen LogP) is 3.16. The van der Waals surface area contributed by atoms with Gasteiger partial charge in [-0.2, -0.15) is 0 Å². The molecule has 0 spiro atoms. The van der Waals surface area contributed by atoms with E-state index in [4.69, 9.17) is 4.74 Å². The van der Waals surface area contributed by atoms with Crippen LogP contribution in [0.2, 0.25) is 0 Å². The van der Waals surface area contributed by atoms with E-state index >= 15 is 0 Å². The Morgan fingerprint density at radius 1 is 1.20 bits per heavy atom. The van der Waals surface area contributed by atoms with Crippen LogP contribution in [0.1, 0.15) is 31.3 Å². The second-order valence-corrected chi connectivity index (χ2v) is 4.56. The van der Waals surface area contributed by atoms with Crippen LogP contribution >= 0.6 is 0 Å². The Morgan fingerprint density at radius 3 is 2.40 bits per heavy atom. The van der Waals surface area contributed by atoms with Gasteiger partial charge in [0, 0.05) is 24.1 Å². The van der Waals surface area contributed by atoms with Crippen molar-refractivity contribution < 1.29 is 18.6 Å². The Bertz CT molecular complexity index is 598. The van der Waals surface area contributed by atoms with Crippen molar-refractivity contribution >= 4 is 0 Å². The average Bonchev–Trinajstić information content (AvgIpc) is 2.37. The van der Waals surface area contributed by atoms with Crippen LogP contribution in [0, 0.1) is 11.6 Å². The Balaban J connectivity index is 2.33. The van der Waals surface area contributed by atoms with Crippen molar-refractivity contribution in [3.05, 3.63) is 47.5 Å². The number of ether oxygens (including phenoxy) is 1. The SMILES string of the molecule is CC(C)c1ncc(Oc2cc(F)cc(F)c2)c(CO)n1.